The van der Waals surface area contributed by atoms with Crippen LogP contribution in [0.2, 0.25) is 0 Å². The summed E-state index contributed by atoms with van der Waals surface area (Å²) in [6.07, 6.45) is 11.5. The number of carbonyl (C=O) groups is 1. The molecule has 0 aliphatic heterocycles. The van der Waals surface area contributed by atoms with Gasteiger partial charge in [0.15, 0.2) is 0 Å². The highest BCUT2D eigenvalue weighted by Crippen LogP contribution is 2.64. The SMILES string of the molecule is C#C[C@]1(O)CC[C@H]2[C@@H]3CCc4cc(OC(=O)c5cccc(C)c5N)ccc4[C@H]3CC[C@@]21C. The van der Waals surface area contributed by atoms with Crippen molar-refractivity contribution in [2.75, 3.05) is 5.73 Å². The van der Waals surface area contributed by atoms with Crippen LogP contribution in [-0.4, -0.2) is 16.7 Å². The standard InChI is InChI=1S/C28H31NO3/c1-4-28(31)15-13-24-22-10-8-18-16-19(9-11-20(18)21(22)12-14-27(24,28)3)32-26(30)23-7-5-6-17(2)25(23)29/h1,5-7,9,11,16,21-22,24,31H,8,10,12-15,29H2,2-3H3/t21-,22-,24+,27+,28+/m1/s1. The van der Waals surface area contributed by atoms with E-state index >= 15 is 0 Å². The first-order valence-electron chi connectivity index (χ1n) is 11.7. The number of terminal acetylenes is 1. The molecule has 32 heavy (non-hydrogen) atoms. The first kappa shape index (κ1) is 21.1. The lowest BCUT2D eigenvalue weighted by Gasteiger charge is -2.52. The summed E-state index contributed by atoms with van der Waals surface area (Å²) in [4.78, 5) is 12.7. The predicted molar refractivity (Wildman–Crippen MR) is 125 cm³/mol. The maximum atomic E-state index is 12.7. The van der Waals surface area contributed by atoms with Gasteiger partial charge in [-0.05, 0) is 98.1 Å². The molecule has 4 nitrogen and oxygen atoms in total. The third-order valence-corrected chi connectivity index (χ3v) is 8.84. The van der Waals surface area contributed by atoms with Crippen molar-refractivity contribution in [2.45, 2.75) is 63.9 Å². The van der Waals surface area contributed by atoms with Crippen LogP contribution in [0.15, 0.2) is 36.4 Å². The summed E-state index contributed by atoms with van der Waals surface area (Å²) in [6.45, 7) is 4.08. The van der Waals surface area contributed by atoms with E-state index in [1.807, 2.05) is 31.2 Å². The fourth-order valence-electron chi connectivity index (χ4n) is 6.90. The van der Waals surface area contributed by atoms with E-state index in [0.717, 1.165) is 37.7 Å². The Labute approximate surface area is 190 Å². The molecule has 0 amide bonds. The number of carbonyl (C=O) groups excluding carboxylic acids is 1. The van der Waals surface area contributed by atoms with Crippen molar-refractivity contribution in [1.82, 2.24) is 0 Å². The molecule has 5 rings (SSSR count). The lowest BCUT2D eigenvalue weighted by molar-refractivity contribution is -0.0646. The molecule has 0 saturated heterocycles. The Kier molecular flexibility index (Phi) is 4.87. The lowest BCUT2D eigenvalue weighted by Crippen LogP contribution is -2.50. The first-order chi connectivity index (χ1) is 15.3. The van der Waals surface area contributed by atoms with E-state index in [2.05, 4.69) is 18.9 Å². The quantitative estimate of drug-likeness (QED) is 0.304. The molecule has 0 aromatic heterocycles. The molecule has 3 aliphatic rings. The second kappa shape index (κ2) is 7.39. The minimum Gasteiger partial charge on any atom is -0.423 e. The van der Waals surface area contributed by atoms with Gasteiger partial charge in [-0.25, -0.2) is 4.79 Å². The largest absolute Gasteiger partial charge is 0.423 e. The lowest BCUT2D eigenvalue weighted by atomic mass is 9.53. The fourth-order valence-corrected chi connectivity index (χ4v) is 6.90. The summed E-state index contributed by atoms with van der Waals surface area (Å²) in [5, 5.41) is 11.1. The molecule has 0 unspecified atom stereocenters. The van der Waals surface area contributed by atoms with Gasteiger partial charge < -0.3 is 15.6 Å². The number of rotatable bonds is 2. The number of aryl methyl sites for hydroxylation is 2. The van der Waals surface area contributed by atoms with Crippen LogP contribution in [0.1, 0.15) is 72.0 Å². The summed E-state index contributed by atoms with van der Waals surface area (Å²) < 4.78 is 5.69. The number of ether oxygens (including phenoxy) is 1. The number of nitrogens with two attached hydrogens (primary N) is 1. The molecule has 3 aliphatic carbocycles. The summed E-state index contributed by atoms with van der Waals surface area (Å²) in [5.74, 6) is 4.36. The number of benzene rings is 2. The molecule has 0 bridgehead atoms. The summed E-state index contributed by atoms with van der Waals surface area (Å²) >= 11 is 0. The van der Waals surface area contributed by atoms with Gasteiger partial charge in [-0.2, -0.15) is 0 Å². The molecule has 0 radical (unpaired) electrons. The molecule has 2 saturated carbocycles. The minimum absolute atomic E-state index is 0.191. The van der Waals surface area contributed by atoms with Gasteiger partial charge in [0.1, 0.15) is 11.4 Å². The van der Waals surface area contributed by atoms with Gasteiger partial charge in [0.2, 0.25) is 0 Å². The Morgan fingerprint density at radius 2 is 2.03 bits per heavy atom. The topological polar surface area (TPSA) is 72.5 Å². The van der Waals surface area contributed by atoms with E-state index in [9.17, 15) is 9.90 Å². The molecule has 0 heterocycles. The van der Waals surface area contributed by atoms with Crippen molar-refractivity contribution < 1.29 is 14.6 Å². The van der Waals surface area contributed by atoms with E-state index in [1.165, 1.54) is 11.1 Å². The van der Waals surface area contributed by atoms with E-state index in [-0.39, 0.29) is 5.41 Å². The van der Waals surface area contributed by atoms with E-state index in [1.54, 1.807) is 6.07 Å². The van der Waals surface area contributed by atoms with E-state index < -0.39 is 11.6 Å². The normalized spacial score (nSPS) is 32.9. The maximum absolute atomic E-state index is 12.7. The third-order valence-electron chi connectivity index (χ3n) is 8.84. The highest BCUT2D eigenvalue weighted by molar-refractivity contribution is 5.97. The van der Waals surface area contributed by atoms with Crippen molar-refractivity contribution in [1.29, 1.82) is 0 Å². The second-order valence-electron chi connectivity index (χ2n) is 10.2. The van der Waals surface area contributed by atoms with Gasteiger partial charge >= 0.3 is 5.97 Å². The van der Waals surface area contributed by atoms with Gasteiger partial charge in [0.05, 0.1) is 5.56 Å². The van der Waals surface area contributed by atoms with Crippen molar-refractivity contribution in [3.63, 3.8) is 0 Å². The van der Waals surface area contributed by atoms with Gasteiger partial charge in [-0.3, -0.25) is 0 Å². The molecule has 0 spiro atoms. The van der Waals surface area contributed by atoms with Gasteiger partial charge in [0, 0.05) is 11.1 Å². The maximum Gasteiger partial charge on any atom is 0.345 e. The highest BCUT2D eigenvalue weighted by atomic mass is 16.5. The summed E-state index contributed by atoms with van der Waals surface area (Å²) in [6, 6.07) is 11.5. The second-order valence-corrected chi connectivity index (χ2v) is 10.2. The molecular formula is C28H31NO3. The van der Waals surface area contributed by atoms with Crippen LogP contribution < -0.4 is 10.5 Å². The monoisotopic (exact) mass is 429 g/mol. The number of anilines is 1. The molecule has 2 aromatic rings. The number of para-hydroxylation sites is 1. The average molecular weight is 430 g/mol. The average Bonchev–Trinajstić information content (AvgIpc) is 3.06. The number of nitrogen functional groups attached to an aromatic ring is 1. The first-order valence-corrected chi connectivity index (χ1v) is 11.7. The van der Waals surface area contributed by atoms with Crippen LogP contribution in [0, 0.1) is 36.5 Å². The van der Waals surface area contributed by atoms with Crippen LogP contribution in [0.4, 0.5) is 5.69 Å². The Morgan fingerprint density at radius 3 is 2.81 bits per heavy atom. The predicted octanol–water partition coefficient (Wildman–Crippen LogP) is 5.02. The number of hydrogen-bond acceptors (Lipinski definition) is 4. The van der Waals surface area contributed by atoms with E-state index in [4.69, 9.17) is 16.9 Å². The van der Waals surface area contributed by atoms with E-state index in [0.29, 0.717) is 41.2 Å². The zero-order chi connectivity index (χ0) is 22.7. The van der Waals surface area contributed by atoms with Crippen molar-refractivity contribution in [2.24, 2.45) is 17.3 Å². The Bertz CT molecular complexity index is 1130. The third kappa shape index (κ3) is 2.98. The molecule has 5 atom stereocenters. The number of aliphatic hydroxyl groups is 1. The summed E-state index contributed by atoms with van der Waals surface area (Å²) in [7, 11) is 0. The molecule has 4 heteroatoms. The highest BCUT2D eigenvalue weighted by Gasteiger charge is 2.61. The van der Waals surface area contributed by atoms with Gasteiger partial charge in [0.25, 0.3) is 0 Å². The van der Waals surface area contributed by atoms with Crippen LogP contribution >= 0.6 is 0 Å². The van der Waals surface area contributed by atoms with Crippen molar-refractivity contribution >= 4 is 11.7 Å². The van der Waals surface area contributed by atoms with Gasteiger partial charge in [-0.15, -0.1) is 6.42 Å². The zero-order valence-electron chi connectivity index (χ0n) is 18.9. The van der Waals surface area contributed by atoms with Gasteiger partial charge in [-0.1, -0.05) is 31.0 Å². The van der Waals surface area contributed by atoms with Crippen molar-refractivity contribution in [3.8, 4) is 18.1 Å². The molecule has 2 fully saturated rings. The Hall–Kier alpha value is -2.77. The summed E-state index contributed by atoms with van der Waals surface area (Å²) in [5.41, 5.74) is 9.27. The molecule has 3 N–H and O–H groups in total. The molecular weight excluding hydrogens is 398 g/mol. The van der Waals surface area contributed by atoms with Crippen molar-refractivity contribution in [3.05, 3.63) is 58.7 Å². The zero-order valence-corrected chi connectivity index (χ0v) is 18.9. The Balaban J connectivity index is 1.38. The van der Waals surface area contributed by atoms with Crippen LogP contribution in [-0.2, 0) is 6.42 Å². The number of fused-ring (bicyclic) bond motifs is 5. The fraction of sp³-hybridized carbons (Fsp3) is 0.464. The number of esters is 1. The van der Waals surface area contributed by atoms with Crippen LogP contribution in [0.25, 0.3) is 0 Å². The van der Waals surface area contributed by atoms with Crippen LogP contribution in [0.5, 0.6) is 5.75 Å². The minimum atomic E-state index is -0.974. The smallest absolute Gasteiger partial charge is 0.345 e. The number of hydrogen-bond donors (Lipinski definition) is 2. The Morgan fingerprint density at radius 1 is 1.22 bits per heavy atom. The molecule has 2 aromatic carbocycles. The molecule has 166 valence electrons. The van der Waals surface area contributed by atoms with Crippen LogP contribution in [0.3, 0.4) is 0 Å².